The minimum Gasteiger partial charge on any atom is -0.365 e. The average Bonchev–Trinajstić information content (AvgIpc) is 3.07. The lowest BCUT2D eigenvalue weighted by atomic mass is 9.89. The molecule has 27 heavy (non-hydrogen) atoms. The first-order chi connectivity index (χ1) is 13.1. The molecule has 0 unspecified atom stereocenters. The van der Waals surface area contributed by atoms with E-state index in [0.717, 1.165) is 32.0 Å². The third-order valence-electron chi connectivity index (χ3n) is 5.98. The first-order valence-corrected chi connectivity index (χ1v) is 11.0. The van der Waals surface area contributed by atoms with Gasteiger partial charge in [-0.25, -0.2) is 0 Å². The Balaban J connectivity index is 1.26. The quantitative estimate of drug-likeness (QED) is 0.808. The molecule has 2 saturated heterocycles. The summed E-state index contributed by atoms with van der Waals surface area (Å²) in [5.41, 5.74) is 0. The van der Waals surface area contributed by atoms with E-state index < -0.39 is 0 Å². The van der Waals surface area contributed by atoms with Crippen molar-refractivity contribution in [2.24, 2.45) is 0 Å². The van der Waals surface area contributed by atoms with E-state index in [1.165, 1.54) is 30.6 Å². The number of amides is 2. The first-order valence-electron chi connectivity index (χ1n) is 9.79. The number of nitrogens with one attached hydrogen (secondary N) is 1. The fraction of sp³-hybridized carbons (Fsp3) is 0.684. The van der Waals surface area contributed by atoms with Gasteiger partial charge in [-0.1, -0.05) is 18.0 Å². The van der Waals surface area contributed by atoms with Crippen molar-refractivity contribution < 1.29 is 14.3 Å². The van der Waals surface area contributed by atoms with Crippen LogP contribution in [0, 0.1) is 0 Å². The van der Waals surface area contributed by atoms with Crippen LogP contribution in [-0.2, 0) is 9.53 Å². The number of piperidine rings is 1. The second-order valence-electron chi connectivity index (χ2n) is 7.64. The van der Waals surface area contributed by atoms with Gasteiger partial charge in [0, 0.05) is 38.3 Å². The van der Waals surface area contributed by atoms with Crippen LogP contribution < -0.4 is 5.32 Å². The van der Waals surface area contributed by atoms with Crippen molar-refractivity contribution in [2.45, 2.75) is 50.3 Å². The summed E-state index contributed by atoms with van der Waals surface area (Å²) < 4.78 is 6.25. The van der Waals surface area contributed by atoms with Gasteiger partial charge in [-0.15, -0.1) is 11.3 Å². The molecule has 3 aliphatic rings. The first kappa shape index (κ1) is 19.2. The number of hydrogen-bond acceptors (Lipinski definition) is 5. The number of rotatable bonds is 5. The third kappa shape index (κ3) is 4.47. The normalized spacial score (nSPS) is 25.4. The van der Waals surface area contributed by atoms with Crippen LogP contribution in [0.4, 0.5) is 0 Å². The molecule has 4 rings (SSSR count). The molecule has 0 radical (unpaired) electrons. The number of hydrogen-bond donors (Lipinski definition) is 1. The van der Waals surface area contributed by atoms with Crippen molar-refractivity contribution >= 4 is 34.8 Å². The highest BCUT2D eigenvalue weighted by molar-refractivity contribution is 7.17. The Morgan fingerprint density at radius 2 is 2.00 bits per heavy atom. The number of nitrogens with zero attached hydrogens (tertiary/aromatic N) is 2. The lowest BCUT2D eigenvalue weighted by Crippen LogP contribution is -2.57. The zero-order chi connectivity index (χ0) is 18.8. The minimum atomic E-state index is -0.160. The van der Waals surface area contributed by atoms with Gasteiger partial charge in [-0.3, -0.25) is 9.59 Å². The number of halogens is 1. The van der Waals surface area contributed by atoms with Crippen molar-refractivity contribution in [1.82, 2.24) is 15.1 Å². The van der Waals surface area contributed by atoms with Gasteiger partial charge < -0.3 is 19.9 Å². The number of morpholine rings is 1. The van der Waals surface area contributed by atoms with Crippen LogP contribution in [0.3, 0.4) is 0 Å². The topological polar surface area (TPSA) is 61.9 Å². The van der Waals surface area contributed by atoms with Crippen LogP contribution in [0.15, 0.2) is 12.1 Å². The van der Waals surface area contributed by atoms with E-state index in [0.29, 0.717) is 28.3 Å². The summed E-state index contributed by atoms with van der Waals surface area (Å²) >= 11 is 7.14. The molecule has 6 nitrogen and oxygen atoms in total. The van der Waals surface area contributed by atoms with Gasteiger partial charge in [-0.05, 0) is 37.8 Å². The Morgan fingerprint density at radius 3 is 2.63 bits per heavy atom. The summed E-state index contributed by atoms with van der Waals surface area (Å²) in [6, 6.07) is 4.51. The second-order valence-corrected chi connectivity index (χ2v) is 9.36. The van der Waals surface area contributed by atoms with Crippen molar-refractivity contribution in [3.63, 3.8) is 0 Å². The molecule has 1 aliphatic carbocycles. The fourth-order valence-electron chi connectivity index (χ4n) is 4.17. The number of likely N-dealkylation sites (tertiary alicyclic amines) is 1. The molecule has 148 valence electrons. The molecule has 2 aliphatic heterocycles. The maximum absolute atomic E-state index is 12.4. The van der Waals surface area contributed by atoms with Crippen LogP contribution in [0.2, 0.25) is 4.34 Å². The molecule has 1 N–H and O–H groups in total. The van der Waals surface area contributed by atoms with Crippen molar-refractivity contribution in [1.29, 1.82) is 0 Å². The molecular weight excluding hydrogens is 386 g/mol. The minimum absolute atomic E-state index is 0.0738. The lowest BCUT2D eigenvalue weighted by Gasteiger charge is -2.45. The molecule has 1 aromatic rings. The summed E-state index contributed by atoms with van der Waals surface area (Å²) in [6.45, 7) is 3.23. The summed E-state index contributed by atoms with van der Waals surface area (Å²) in [7, 11) is 0. The van der Waals surface area contributed by atoms with Gasteiger partial charge in [0.1, 0.15) is 6.61 Å². The Hall–Kier alpha value is -1.15. The number of carbonyl (C=O) groups excluding carboxylic acids is 2. The van der Waals surface area contributed by atoms with Gasteiger partial charge in [0.15, 0.2) is 0 Å². The molecule has 2 amide bonds. The van der Waals surface area contributed by atoms with E-state index in [4.69, 9.17) is 16.3 Å². The summed E-state index contributed by atoms with van der Waals surface area (Å²) in [6.07, 6.45) is 5.94. The van der Waals surface area contributed by atoms with E-state index in [-0.39, 0.29) is 24.5 Å². The number of thiophene rings is 1. The lowest BCUT2D eigenvalue weighted by molar-refractivity contribution is -0.153. The van der Waals surface area contributed by atoms with Crippen LogP contribution in [-0.4, -0.2) is 72.6 Å². The highest BCUT2D eigenvalue weighted by Crippen LogP contribution is 2.29. The van der Waals surface area contributed by atoms with E-state index >= 15 is 0 Å². The van der Waals surface area contributed by atoms with Crippen LogP contribution >= 0.6 is 22.9 Å². The summed E-state index contributed by atoms with van der Waals surface area (Å²) in [4.78, 5) is 29.7. The van der Waals surface area contributed by atoms with Gasteiger partial charge in [0.25, 0.3) is 5.91 Å². The second kappa shape index (κ2) is 8.47. The Morgan fingerprint density at radius 1 is 1.22 bits per heavy atom. The third-order valence-corrected chi connectivity index (χ3v) is 7.21. The maximum Gasteiger partial charge on any atom is 0.261 e. The van der Waals surface area contributed by atoms with E-state index in [2.05, 4.69) is 10.2 Å². The Labute approximate surface area is 168 Å². The Kier molecular flexibility index (Phi) is 6.02. The summed E-state index contributed by atoms with van der Waals surface area (Å²) in [5.74, 6) is -0.0718. The highest BCUT2D eigenvalue weighted by atomic mass is 35.5. The monoisotopic (exact) mass is 411 g/mol. The van der Waals surface area contributed by atoms with E-state index in [1.807, 2.05) is 4.90 Å². The molecule has 1 atom stereocenters. The van der Waals surface area contributed by atoms with E-state index in [9.17, 15) is 9.59 Å². The SMILES string of the molecule is O=C(NC[C@H]1CN(C2CCN(C3CCC3)CC2)C(=O)CO1)c1ccc(Cl)s1. The highest BCUT2D eigenvalue weighted by Gasteiger charge is 2.35. The maximum atomic E-state index is 12.4. The zero-order valence-electron chi connectivity index (χ0n) is 15.4. The van der Waals surface area contributed by atoms with Crippen molar-refractivity contribution in [3.05, 3.63) is 21.3 Å². The molecule has 3 heterocycles. The molecule has 1 saturated carbocycles. The van der Waals surface area contributed by atoms with Crippen LogP contribution in [0.25, 0.3) is 0 Å². The Bertz CT molecular complexity index is 685. The predicted molar refractivity (Wildman–Crippen MR) is 105 cm³/mol. The summed E-state index contributed by atoms with van der Waals surface area (Å²) in [5, 5.41) is 2.90. The molecule has 3 fully saturated rings. The van der Waals surface area contributed by atoms with E-state index in [1.54, 1.807) is 12.1 Å². The number of carbonyl (C=O) groups is 2. The van der Waals surface area contributed by atoms with Crippen LogP contribution in [0.5, 0.6) is 0 Å². The van der Waals surface area contributed by atoms with Gasteiger partial charge >= 0.3 is 0 Å². The largest absolute Gasteiger partial charge is 0.365 e. The van der Waals surface area contributed by atoms with Gasteiger partial charge in [0.05, 0.1) is 15.3 Å². The van der Waals surface area contributed by atoms with Crippen molar-refractivity contribution in [2.75, 3.05) is 32.8 Å². The molecule has 8 heteroatoms. The fourth-order valence-corrected chi connectivity index (χ4v) is 5.13. The molecule has 0 aromatic carbocycles. The molecule has 1 aromatic heterocycles. The van der Waals surface area contributed by atoms with Crippen molar-refractivity contribution in [3.8, 4) is 0 Å². The van der Waals surface area contributed by atoms with Crippen LogP contribution in [0.1, 0.15) is 41.8 Å². The average molecular weight is 412 g/mol. The molecule has 0 bridgehead atoms. The predicted octanol–water partition coefficient (Wildman–Crippen LogP) is 2.38. The van der Waals surface area contributed by atoms with Gasteiger partial charge in [0.2, 0.25) is 5.91 Å². The molecular formula is C19H26ClN3O3S. The standard InChI is InChI=1S/C19H26ClN3O3S/c20-17-5-4-16(27-17)19(25)21-10-15-11-23(18(24)12-26-15)14-6-8-22(9-7-14)13-2-1-3-13/h4-5,13-15H,1-3,6-12H2,(H,21,25)/t15-/m0/s1. The molecule has 0 spiro atoms. The smallest absolute Gasteiger partial charge is 0.261 e. The number of ether oxygens (including phenoxy) is 1. The zero-order valence-corrected chi connectivity index (χ0v) is 16.9. The van der Waals surface area contributed by atoms with Gasteiger partial charge in [-0.2, -0.15) is 0 Å².